The second-order valence-electron chi connectivity index (χ2n) is 5.62. The molecule has 0 fully saturated rings. The summed E-state index contributed by atoms with van der Waals surface area (Å²) in [7, 11) is 0. The van der Waals surface area contributed by atoms with Crippen LogP contribution in [0.4, 0.5) is 0 Å². The third kappa shape index (κ3) is 4.06. The van der Waals surface area contributed by atoms with Crippen LogP contribution in [0.15, 0.2) is 18.2 Å². The quantitative estimate of drug-likeness (QED) is 0.811. The van der Waals surface area contributed by atoms with Crippen molar-refractivity contribution in [3.05, 3.63) is 34.9 Å². The van der Waals surface area contributed by atoms with Crippen LogP contribution in [-0.4, -0.2) is 23.5 Å². The van der Waals surface area contributed by atoms with E-state index in [1.165, 1.54) is 0 Å². The number of carboxylic acids is 1. The largest absolute Gasteiger partial charge is 0.481 e. The molecule has 1 aromatic carbocycles. The topological polar surface area (TPSA) is 66.4 Å². The van der Waals surface area contributed by atoms with Crippen LogP contribution in [-0.2, 0) is 16.0 Å². The zero-order valence-corrected chi connectivity index (χ0v) is 13.3. The molecule has 0 aliphatic heterocycles. The number of nitrogens with one attached hydrogen (secondary N) is 1. The van der Waals surface area contributed by atoms with E-state index in [9.17, 15) is 14.7 Å². The average molecular weight is 291 g/mol. The van der Waals surface area contributed by atoms with E-state index in [1.807, 2.05) is 45.9 Å². The number of carbonyl (C=O) groups is 2. The van der Waals surface area contributed by atoms with Gasteiger partial charge in [-0.25, -0.2) is 0 Å². The summed E-state index contributed by atoms with van der Waals surface area (Å²) in [5, 5.41) is 12.2. The van der Waals surface area contributed by atoms with E-state index in [1.54, 1.807) is 0 Å². The summed E-state index contributed by atoms with van der Waals surface area (Å²) in [5.41, 5.74) is 2.32. The third-order valence-corrected chi connectivity index (χ3v) is 4.41. The van der Waals surface area contributed by atoms with Gasteiger partial charge in [0.2, 0.25) is 5.91 Å². The van der Waals surface area contributed by atoms with Gasteiger partial charge < -0.3 is 10.4 Å². The molecule has 0 saturated heterocycles. The van der Waals surface area contributed by atoms with Crippen LogP contribution in [0, 0.1) is 19.3 Å². The molecule has 1 aromatic rings. The molecule has 21 heavy (non-hydrogen) atoms. The maximum atomic E-state index is 12.1. The molecule has 0 aliphatic rings. The van der Waals surface area contributed by atoms with E-state index in [0.29, 0.717) is 19.3 Å². The summed E-state index contributed by atoms with van der Waals surface area (Å²) in [6.07, 6.45) is 1.30. The monoisotopic (exact) mass is 291 g/mol. The van der Waals surface area contributed by atoms with Crippen molar-refractivity contribution in [2.24, 2.45) is 5.41 Å². The second kappa shape index (κ2) is 7.25. The zero-order chi connectivity index (χ0) is 16.0. The Hall–Kier alpha value is -1.84. The van der Waals surface area contributed by atoms with Crippen molar-refractivity contribution in [2.75, 3.05) is 6.54 Å². The van der Waals surface area contributed by atoms with Gasteiger partial charge >= 0.3 is 5.97 Å². The number of aryl methyl sites for hydroxylation is 2. The molecule has 0 atom stereocenters. The average Bonchev–Trinajstić information content (AvgIpc) is 2.44. The Kier molecular flexibility index (Phi) is 5.94. The number of amides is 1. The maximum Gasteiger partial charge on any atom is 0.311 e. The van der Waals surface area contributed by atoms with Gasteiger partial charge in [0.15, 0.2) is 0 Å². The molecular formula is C17H25NO3. The normalized spacial score (nSPS) is 11.2. The van der Waals surface area contributed by atoms with E-state index >= 15 is 0 Å². The summed E-state index contributed by atoms with van der Waals surface area (Å²) in [4.78, 5) is 23.5. The smallest absolute Gasteiger partial charge is 0.311 e. The van der Waals surface area contributed by atoms with Gasteiger partial charge in [-0.3, -0.25) is 9.59 Å². The summed E-state index contributed by atoms with van der Waals surface area (Å²) < 4.78 is 0. The first kappa shape index (κ1) is 17.2. The minimum Gasteiger partial charge on any atom is -0.481 e. The van der Waals surface area contributed by atoms with E-state index in [-0.39, 0.29) is 12.5 Å². The molecule has 1 amide bonds. The highest BCUT2D eigenvalue weighted by Crippen LogP contribution is 2.25. The molecule has 0 unspecified atom stereocenters. The molecule has 4 heteroatoms. The summed E-state index contributed by atoms with van der Waals surface area (Å²) in [5.74, 6) is -0.972. The lowest BCUT2D eigenvalue weighted by Gasteiger charge is -2.27. The number of carboxylic acid groups (broad SMARTS) is 1. The Morgan fingerprint density at radius 3 is 2.10 bits per heavy atom. The summed E-state index contributed by atoms with van der Waals surface area (Å²) in [6.45, 7) is 7.83. The minimum absolute atomic E-state index is 0.125. The highest BCUT2D eigenvalue weighted by atomic mass is 16.4. The van der Waals surface area contributed by atoms with Crippen molar-refractivity contribution in [2.45, 2.75) is 47.0 Å². The summed E-state index contributed by atoms with van der Waals surface area (Å²) in [6, 6.07) is 5.93. The Bertz CT molecular complexity index is 499. The Labute approximate surface area is 126 Å². The van der Waals surface area contributed by atoms with Gasteiger partial charge in [-0.05, 0) is 43.4 Å². The van der Waals surface area contributed by atoms with E-state index < -0.39 is 11.4 Å². The van der Waals surface area contributed by atoms with Crippen molar-refractivity contribution in [3.63, 3.8) is 0 Å². The Morgan fingerprint density at radius 2 is 1.67 bits per heavy atom. The third-order valence-electron chi connectivity index (χ3n) is 4.41. The molecule has 4 nitrogen and oxygen atoms in total. The Balaban J connectivity index is 2.72. The fourth-order valence-electron chi connectivity index (χ4n) is 2.50. The lowest BCUT2D eigenvalue weighted by Crippen LogP contribution is -2.42. The van der Waals surface area contributed by atoms with Gasteiger partial charge in [-0.2, -0.15) is 0 Å². The first-order valence-electron chi connectivity index (χ1n) is 7.41. The van der Waals surface area contributed by atoms with Crippen molar-refractivity contribution < 1.29 is 14.7 Å². The van der Waals surface area contributed by atoms with Crippen molar-refractivity contribution >= 4 is 11.9 Å². The van der Waals surface area contributed by atoms with Gasteiger partial charge in [-0.15, -0.1) is 0 Å². The predicted molar refractivity (Wildman–Crippen MR) is 83.3 cm³/mol. The number of aliphatic carboxylic acids is 1. The SMILES string of the molecule is CCC(CC)(CNC(=O)Cc1c(C)cccc1C)C(=O)O. The van der Waals surface area contributed by atoms with Gasteiger partial charge in [0, 0.05) is 6.54 Å². The molecule has 116 valence electrons. The van der Waals surface area contributed by atoms with Crippen LogP contribution < -0.4 is 5.32 Å². The molecular weight excluding hydrogens is 266 g/mol. The molecule has 0 aliphatic carbocycles. The lowest BCUT2D eigenvalue weighted by molar-refractivity contribution is -0.149. The number of carbonyl (C=O) groups excluding carboxylic acids is 1. The first-order chi connectivity index (χ1) is 9.86. The van der Waals surface area contributed by atoms with Crippen LogP contribution in [0.1, 0.15) is 43.4 Å². The molecule has 0 aromatic heterocycles. The van der Waals surface area contributed by atoms with Crippen LogP contribution in [0.5, 0.6) is 0 Å². The minimum atomic E-state index is -0.865. The molecule has 0 bridgehead atoms. The standard InChI is InChI=1S/C17H25NO3/c1-5-17(6-2,16(20)21)11-18-15(19)10-14-12(3)8-7-9-13(14)4/h7-9H,5-6,10-11H2,1-4H3,(H,18,19)(H,20,21). The Morgan fingerprint density at radius 1 is 1.14 bits per heavy atom. The predicted octanol–water partition coefficient (Wildman–Crippen LogP) is 2.85. The van der Waals surface area contributed by atoms with Gasteiger partial charge in [-0.1, -0.05) is 32.0 Å². The van der Waals surface area contributed by atoms with Crippen molar-refractivity contribution in [3.8, 4) is 0 Å². The van der Waals surface area contributed by atoms with Crippen molar-refractivity contribution in [1.82, 2.24) is 5.32 Å². The van der Waals surface area contributed by atoms with E-state index in [0.717, 1.165) is 16.7 Å². The molecule has 0 heterocycles. The second-order valence-corrected chi connectivity index (χ2v) is 5.62. The van der Waals surface area contributed by atoms with Crippen molar-refractivity contribution in [1.29, 1.82) is 0 Å². The fraction of sp³-hybridized carbons (Fsp3) is 0.529. The number of hydrogen-bond acceptors (Lipinski definition) is 2. The lowest BCUT2D eigenvalue weighted by atomic mass is 9.82. The van der Waals surface area contributed by atoms with Gasteiger partial charge in [0.25, 0.3) is 0 Å². The highest BCUT2D eigenvalue weighted by Gasteiger charge is 2.35. The maximum absolute atomic E-state index is 12.1. The van der Waals surface area contributed by atoms with Crippen LogP contribution in [0.25, 0.3) is 0 Å². The van der Waals surface area contributed by atoms with Crippen LogP contribution in [0.3, 0.4) is 0 Å². The fourth-order valence-corrected chi connectivity index (χ4v) is 2.50. The number of benzene rings is 1. The molecule has 0 radical (unpaired) electrons. The highest BCUT2D eigenvalue weighted by molar-refractivity contribution is 5.81. The molecule has 1 rings (SSSR count). The first-order valence-corrected chi connectivity index (χ1v) is 7.41. The number of rotatable bonds is 7. The molecule has 0 saturated carbocycles. The summed E-state index contributed by atoms with van der Waals surface area (Å²) >= 11 is 0. The zero-order valence-electron chi connectivity index (χ0n) is 13.3. The van der Waals surface area contributed by atoms with Gasteiger partial charge in [0.05, 0.1) is 11.8 Å². The van der Waals surface area contributed by atoms with E-state index in [2.05, 4.69) is 5.32 Å². The van der Waals surface area contributed by atoms with Gasteiger partial charge in [0.1, 0.15) is 0 Å². The van der Waals surface area contributed by atoms with Crippen LogP contribution in [0.2, 0.25) is 0 Å². The van der Waals surface area contributed by atoms with E-state index in [4.69, 9.17) is 0 Å². The molecule has 2 N–H and O–H groups in total. The van der Waals surface area contributed by atoms with Crippen LogP contribution >= 0.6 is 0 Å². The molecule has 0 spiro atoms. The number of hydrogen-bond donors (Lipinski definition) is 2.